The van der Waals surface area contributed by atoms with Gasteiger partial charge >= 0.3 is 0 Å². The molecule has 0 aliphatic rings. The number of nitrogens with two attached hydrogens (primary N) is 1. The number of amides is 1. The van der Waals surface area contributed by atoms with Gasteiger partial charge in [0.15, 0.2) is 0 Å². The minimum Gasteiger partial charge on any atom is -0.398 e. The lowest BCUT2D eigenvalue weighted by atomic mass is 10.3. The first-order chi connectivity index (χ1) is 7.21. The van der Waals surface area contributed by atoms with Gasteiger partial charge in [-0.1, -0.05) is 11.6 Å². The number of halogens is 1. The number of rotatable bonds is 2. The standard InChI is InChI=1S/C8H9ClN2O4S/c1-4(12)11-7-3-8(16(13,14)15)6(10)2-5(7)9/h2-3H,10H2,1H3,(H,11,12)(H,13,14,15). The summed E-state index contributed by atoms with van der Waals surface area (Å²) in [6.07, 6.45) is 0. The van der Waals surface area contributed by atoms with Gasteiger partial charge in [-0.15, -0.1) is 0 Å². The van der Waals surface area contributed by atoms with Crippen molar-refractivity contribution in [3.63, 3.8) is 0 Å². The van der Waals surface area contributed by atoms with Gasteiger partial charge in [-0.25, -0.2) is 0 Å². The first-order valence-electron chi connectivity index (χ1n) is 4.06. The second kappa shape index (κ2) is 4.28. The van der Waals surface area contributed by atoms with Crippen molar-refractivity contribution in [3.8, 4) is 0 Å². The van der Waals surface area contributed by atoms with E-state index in [2.05, 4.69) is 5.32 Å². The Hall–Kier alpha value is -1.31. The smallest absolute Gasteiger partial charge is 0.296 e. The molecular weight excluding hydrogens is 256 g/mol. The summed E-state index contributed by atoms with van der Waals surface area (Å²) in [5.41, 5.74) is 5.24. The van der Waals surface area contributed by atoms with Crippen LogP contribution in [0.1, 0.15) is 6.92 Å². The van der Waals surface area contributed by atoms with Crippen molar-refractivity contribution < 1.29 is 17.8 Å². The Balaban J connectivity index is 3.38. The summed E-state index contributed by atoms with van der Waals surface area (Å²) in [6, 6.07) is 2.13. The summed E-state index contributed by atoms with van der Waals surface area (Å²) in [5.74, 6) is -0.423. The van der Waals surface area contributed by atoms with Crippen LogP contribution in [0.25, 0.3) is 0 Å². The number of hydrogen-bond acceptors (Lipinski definition) is 4. The third-order valence-corrected chi connectivity index (χ3v) is 2.91. The van der Waals surface area contributed by atoms with Crippen molar-refractivity contribution >= 4 is 39.0 Å². The summed E-state index contributed by atoms with van der Waals surface area (Å²) in [5, 5.41) is 2.39. The van der Waals surface area contributed by atoms with Crippen LogP contribution in [0.5, 0.6) is 0 Å². The molecule has 0 fully saturated rings. The van der Waals surface area contributed by atoms with E-state index in [0.717, 1.165) is 12.1 Å². The lowest BCUT2D eigenvalue weighted by molar-refractivity contribution is -0.114. The van der Waals surface area contributed by atoms with E-state index in [-0.39, 0.29) is 16.4 Å². The van der Waals surface area contributed by atoms with Crippen LogP contribution in [0.3, 0.4) is 0 Å². The van der Waals surface area contributed by atoms with E-state index in [1.807, 2.05) is 0 Å². The van der Waals surface area contributed by atoms with Gasteiger partial charge in [0.1, 0.15) is 4.90 Å². The molecule has 4 N–H and O–H groups in total. The van der Waals surface area contributed by atoms with E-state index in [1.165, 1.54) is 6.92 Å². The molecular formula is C8H9ClN2O4S. The maximum absolute atomic E-state index is 10.9. The lowest BCUT2D eigenvalue weighted by Crippen LogP contribution is -2.09. The molecule has 1 aromatic carbocycles. The van der Waals surface area contributed by atoms with Gasteiger partial charge in [0.2, 0.25) is 5.91 Å². The number of hydrogen-bond donors (Lipinski definition) is 3. The molecule has 0 aliphatic carbocycles. The molecule has 0 aromatic heterocycles. The fraction of sp³-hybridized carbons (Fsp3) is 0.125. The number of benzene rings is 1. The number of nitrogen functional groups attached to an aromatic ring is 1. The van der Waals surface area contributed by atoms with Gasteiger partial charge in [0.25, 0.3) is 10.1 Å². The molecule has 0 heterocycles. The van der Waals surface area contributed by atoms with Gasteiger partial charge in [-0.2, -0.15) is 8.42 Å². The first-order valence-corrected chi connectivity index (χ1v) is 5.87. The van der Waals surface area contributed by atoms with Crippen LogP contribution in [0.2, 0.25) is 5.02 Å². The molecule has 0 unspecified atom stereocenters. The van der Waals surface area contributed by atoms with Crippen LogP contribution in [0.4, 0.5) is 11.4 Å². The highest BCUT2D eigenvalue weighted by Crippen LogP contribution is 2.30. The van der Waals surface area contributed by atoms with Gasteiger partial charge in [-0.05, 0) is 12.1 Å². The van der Waals surface area contributed by atoms with Crippen LogP contribution in [-0.2, 0) is 14.9 Å². The number of carbonyl (C=O) groups excluding carboxylic acids is 1. The highest BCUT2D eigenvalue weighted by Gasteiger charge is 2.17. The van der Waals surface area contributed by atoms with Crippen molar-refractivity contribution in [1.82, 2.24) is 0 Å². The summed E-state index contributed by atoms with van der Waals surface area (Å²) >= 11 is 5.72. The molecule has 88 valence electrons. The van der Waals surface area contributed by atoms with E-state index in [0.29, 0.717) is 0 Å². The van der Waals surface area contributed by atoms with Crippen LogP contribution >= 0.6 is 11.6 Å². The van der Waals surface area contributed by atoms with Crippen LogP contribution in [-0.4, -0.2) is 18.9 Å². The normalized spacial score (nSPS) is 11.2. The fourth-order valence-corrected chi connectivity index (χ4v) is 1.92. The predicted octanol–water partition coefficient (Wildman–Crippen LogP) is 1.13. The number of anilines is 2. The molecule has 0 aliphatic heterocycles. The third-order valence-electron chi connectivity index (χ3n) is 1.69. The summed E-state index contributed by atoms with van der Waals surface area (Å²) in [6.45, 7) is 1.24. The number of carbonyl (C=O) groups is 1. The topological polar surface area (TPSA) is 109 Å². The first kappa shape index (κ1) is 12.8. The maximum Gasteiger partial charge on any atom is 0.296 e. The average Bonchev–Trinajstić information content (AvgIpc) is 2.06. The molecule has 16 heavy (non-hydrogen) atoms. The molecule has 0 spiro atoms. The van der Waals surface area contributed by atoms with E-state index in [1.54, 1.807) is 0 Å². The fourth-order valence-electron chi connectivity index (χ4n) is 1.08. The van der Waals surface area contributed by atoms with Crippen LogP contribution < -0.4 is 11.1 Å². The zero-order valence-corrected chi connectivity index (χ0v) is 9.76. The zero-order valence-electron chi connectivity index (χ0n) is 8.19. The Bertz CT molecular complexity index is 541. The van der Waals surface area contributed by atoms with Crippen LogP contribution in [0.15, 0.2) is 17.0 Å². The van der Waals surface area contributed by atoms with E-state index < -0.39 is 20.9 Å². The number of nitrogens with one attached hydrogen (secondary N) is 1. The Kier molecular flexibility index (Phi) is 3.41. The minimum absolute atomic E-state index is 0.0657. The molecule has 0 atom stereocenters. The Morgan fingerprint density at radius 1 is 1.50 bits per heavy atom. The SMILES string of the molecule is CC(=O)Nc1cc(S(=O)(=O)O)c(N)cc1Cl. The van der Waals surface area contributed by atoms with Gasteiger partial charge < -0.3 is 11.1 Å². The van der Waals surface area contributed by atoms with Crippen molar-refractivity contribution in [3.05, 3.63) is 17.2 Å². The lowest BCUT2D eigenvalue weighted by Gasteiger charge is -2.09. The van der Waals surface area contributed by atoms with E-state index in [4.69, 9.17) is 21.9 Å². The van der Waals surface area contributed by atoms with E-state index in [9.17, 15) is 13.2 Å². The Labute approximate surface area is 97.1 Å². The van der Waals surface area contributed by atoms with Gasteiger partial charge in [-0.3, -0.25) is 9.35 Å². The monoisotopic (exact) mass is 264 g/mol. The van der Waals surface area contributed by atoms with Crippen molar-refractivity contribution in [2.75, 3.05) is 11.1 Å². The molecule has 1 rings (SSSR count). The average molecular weight is 265 g/mol. The summed E-state index contributed by atoms with van der Waals surface area (Å²) in [4.78, 5) is 10.3. The second-order valence-corrected chi connectivity index (χ2v) is 4.82. The molecule has 0 saturated carbocycles. The van der Waals surface area contributed by atoms with Crippen molar-refractivity contribution in [1.29, 1.82) is 0 Å². The second-order valence-electron chi connectivity index (χ2n) is 3.03. The largest absolute Gasteiger partial charge is 0.398 e. The van der Waals surface area contributed by atoms with Gasteiger partial charge in [0, 0.05) is 6.92 Å². The Morgan fingerprint density at radius 2 is 2.06 bits per heavy atom. The summed E-state index contributed by atoms with van der Waals surface area (Å²) < 4.78 is 30.7. The minimum atomic E-state index is -4.44. The molecule has 8 heteroatoms. The van der Waals surface area contributed by atoms with Gasteiger partial charge in [0.05, 0.1) is 16.4 Å². The highest BCUT2D eigenvalue weighted by molar-refractivity contribution is 7.86. The molecule has 0 saturated heterocycles. The van der Waals surface area contributed by atoms with Crippen molar-refractivity contribution in [2.45, 2.75) is 11.8 Å². The molecule has 1 amide bonds. The predicted molar refractivity (Wildman–Crippen MR) is 60.0 cm³/mol. The quantitative estimate of drug-likeness (QED) is 0.548. The zero-order chi connectivity index (χ0) is 12.5. The van der Waals surface area contributed by atoms with Crippen molar-refractivity contribution in [2.24, 2.45) is 0 Å². The molecule has 0 bridgehead atoms. The molecule has 0 radical (unpaired) electrons. The maximum atomic E-state index is 10.9. The Morgan fingerprint density at radius 3 is 2.50 bits per heavy atom. The molecule has 6 nitrogen and oxygen atoms in total. The van der Waals surface area contributed by atoms with E-state index >= 15 is 0 Å². The van der Waals surface area contributed by atoms with Crippen LogP contribution in [0, 0.1) is 0 Å². The molecule has 1 aromatic rings. The highest BCUT2D eigenvalue weighted by atomic mass is 35.5. The third kappa shape index (κ3) is 2.84. The summed E-state index contributed by atoms with van der Waals surface area (Å²) in [7, 11) is -4.44.